The van der Waals surface area contributed by atoms with E-state index in [-0.39, 0.29) is 10.7 Å². The van der Waals surface area contributed by atoms with Crippen molar-refractivity contribution in [3.05, 3.63) is 4.88 Å². The van der Waals surface area contributed by atoms with Crippen molar-refractivity contribution in [2.45, 2.75) is 5.92 Å². The molecule has 0 aliphatic heterocycles. The van der Waals surface area contributed by atoms with Gasteiger partial charge < -0.3 is 21.5 Å². The van der Waals surface area contributed by atoms with Crippen LogP contribution in [0.15, 0.2) is 0 Å². The molecule has 1 heterocycles. The molecule has 0 aliphatic carbocycles. The molecule has 0 radical (unpaired) electrons. The van der Waals surface area contributed by atoms with E-state index in [0.717, 1.165) is 11.3 Å². The van der Waals surface area contributed by atoms with Crippen molar-refractivity contribution in [2.24, 2.45) is 0 Å². The van der Waals surface area contributed by atoms with Gasteiger partial charge in [-0.1, -0.05) is 11.3 Å². The third-order valence-electron chi connectivity index (χ3n) is 1.81. The molecular formula is C8H12F2N4O2S. The van der Waals surface area contributed by atoms with E-state index in [9.17, 15) is 13.6 Å². The zero-order valence-corrected chi connectivity index (χ0v) is 9.77. The van der Waals surface area contributed by atoms with Crippen molar-refractivity contribution >= 4 is 28.2 Å². The predicted octanol–water partition coefficient (Wildman–Crippen LogP) is 0.124. The third-order valence-corrected chi connectivity index (χ3v) is 2.90. The fraction of sp³-hybridized carbons (Fsp3) is 0.500. The Morgan fingerprint density at radius 2 is 2.29 bits per heavy atom. The van der Waals surface area contributed by atoms with Gasteiger partial charge in [0.15, 0.2) is 5.13 Å². The van der Waals surface area contributed by atoms with Gasteiger partial charge in [-0.15, -0.1) is 0 Å². The SMILES string of the molecule is CNc1nc(N)c(C(=O)NCC(F)(F)CO)s1. The van der Waals surface area contributed by atoms with Crippen LogP contribution in [0.2, 0.25) is 0 Å². The molecule has 0 saturated carbocycles. The van der Waals surface area contributed by atoms with E-state index >= 15 is 0 Å². The molecule has 96 valence electrons. The highest BCUT2D eigenvalue weighted by molar-refractivity contribution is 7.18. The quantitative estimate of drug-likeness (QED) is 0.606. The van der Waals surface area contributed by atoms with E-state index in [1.807, 2.05) is 5.32 Å². The van der Waals surface area contributed by atoms with Gasteiger partial charge in [0.25, 0.3) is 11.8 Å². The summed E-state index contributed by atoms with van der Waals surface area (Å²) in [6.07, 6.45) is 0. The zero-order chi connectivity index (χ0) is 13.1. The van der Waals surface area contributed by atoms with Crippen molar-refractivity contribution in [2.75, 3.05) is 31.2 Å². The highest BCUT2D eigenvalue weighted by Crippen LogP contribution is 2.24. The van der Waals surface area contributed by atoms with E-state index in [0.29, 0.717) is 5.13 Å². The highest BCUT2D eigenvalue weighted by atomic mass is 32.1. The van der Waals surface area contributed by atoms with Crippen molar-refractivity contribution < 1.29 is 18.7 Å². The summed E-state index contributed by atoms with van der Waals surface area (Å²) in [5, 5.41) is 13.4. The minimum absolute atomic E-state index is 0.0239. The molecule has 0 saturated heterocycles. The van der Waals surface area contributed by atoms with Crippen LogP contribution in [0.4, 0.5) is 19.7 Å². The molecule has 0 aliphatic rings. The maximum Gasteiger partial charge on any atom is 0.287 e. The fourth-order valence-corrected chi connectivity index (χ4v) is 1.70. The molecular weight excluding hydrogens is 254 g/mol. The van der Waals surface area contributed by atoms with Gasteiger partial charge in [-0.2, -0.15) is 0 Å². The largest absolute Gasteiger partial charge is 0.390 e. The molecule has 17 heavy (non-hydrogen) atoms. The standard InChI is InChI=1S/C8H12F2N4O2S/c1-12-7-14-5(11)4(17-7)6(16)13-2-8(9,10)3-15/h15H,2-3,11H2,1H3,(H,12,14)(H,13,16). The lowest BCUT2D eigenvalue weighted by Crippen LogP contribution is -2.38. The molecule has 0 atom stereocenters. The predicted molar refractivity (Wildman–Crippen MR) is 60.4 cm³/mol. The van der Waals surface area contributed by atoms with Crippen LogP contribution in [0.25, 0.3) is 0 Å². The summed E-state index contributed by atoms with van der Waals surface area (Å²) in [5.74, 6) is -4.11. The van der Waals surface area contributed by atoms with Crippen LogP contribution in [0.5, 0.6) is 0 Å². The number of carbonyl (C=O) groups is 1. The molecule has 0 unspecified atom stereocenters. The summed E-state index contributed by atoms with van der Waals surface area (Å²) in [5.41, 5.74) is 5.45. The summed E-state index contributed by atoms with van der Waals surface area (Å²) < 4.78 is 25.4. The van der Waals surface area contributed by atoms with Crippen LogP contribution in [0.3, 0.4) is 0 Å². The summed E-state index contributed by atoms with van der Waals surface area (Å²) in [7, 11) is 1.60. The first kappa shape index (κ1) is 13.6. The number of aliphatic hydroxyl groups excluding tert-OH is 1. The second-order valence-electron chi connectivity index (χ2n) is 3.18. The zero-order valence-electron chi connectivity index (χ0n) is 8.96. The molecule has 5 N–H and O–H groups in total. The normalized spacial score (nSPS) is 11.3. The van der Waals surface area contributed by atoms with E-state index in [4.69, 9.17) is 10.8 Å². The second kappa shape index (κ2) is 5.23. The first-order valence-corrected chi connectivity index (χ1v) is 5.42. The number of nitrogens with one attached hydrogen (secondary N) is 2. The van der Waals surface area contributed by atoms with Crippen LogP contribution in [-0.4, -0.2) is 42.1 Å². The Kier molecular flexibility index (Phi) is 4.18. The number of hydrogen-bond donors (Lipinski definition) is 4. The van der Waals surface area contributed by atoms with Gasteiger partial charge in [0.1, 0.15) is 17.3 Å². The number of nitrogens with two attached hydrogens (primary N) is 1. The van der Waals surface area contributed by atoms with Crippen molar-refractivity contribution in [1.29, 1.82) is 0 Å². The van der Waals surface area contributed by atoms with Crippen molar-refractivity contribution in [1.82, 2.24) is 10.3 Å². The topological polar surface area (TPSA) is 100 Å². The maximum atomic E-state index is 12.7. The smallest absolute Gasteiger partial charge is 0.287 e. The summed E-state index contributed by atoms with van der Waals surface area (Å²) in [4.78, 5) is 15.4. The molecule has 1 amide bonds. The minimum atomic E-state index is -3.35. The van der Waals surface area contributed by atoms with Gasteiger partial charge in [-0.05, 0) is 0 Å². The molecule has 1 aromatic rings. The number of thiazole rings is 1. The lowest BCUT2D eigenvalue weighted by Gasteiger charge is -2.13. The molecule has 9 heteroatoms. The van der Waals surface area contributed by atoms with Gasteiger partial charge in [0.05, 0.1) is 6.54 Å². The number of rotatable bonds is 5. The van der Waals surface area contributed by atoms with Gasteiger partial charge in [-0.3, -0.25) is 4.79 Å². The minimum Gasteiger partial charge on any atom is -0.390 e. The Hall–Kier alpha value is -1.48. The number of halogens is 2. The Morgan fingerprint density at radius 3 is 2.76 bits per heavy atom. The Balaban J connectivity index is 2.67. The van der Waals surface area contributed by atoms with Gasteiger partial charge >= 0.3 is 0 Å². The summed E-state index contributed by atoms with van der Waals surface area (Å²) >= 11 is 0.959. The maximum absolute atomic E-state index is 12.7. The summed E-state index contributed by atoms with van der Waals surface area (Å²) in [6, 6.07) is 0. The van der Waals surface area contributed by atoms with Crippen LogP contribution in [0, 0.1) is 0 Å². The van der Waals surface area contributed by atoms with E-state index < -0.39 is 25.0 Å². The lowest BCUT2D eigenvalue weighted by molar-refractivity contribution is -0.0461. The molecule has 0 aromatic carbocycles. The van der Waals surface area contributed by atoms with Crippen molar-refractivity contribution in [3.8, 4) is 0 Å². The highest BCUT2D eigenvalue weighted by Gasteiger charge is 2.29. The van der Waals surface area contributed by atoms with Crippen LogP contribution < -0.4 is 16.4 Å². The second-order valence-corrected chi connectivity index (χ2v) is 4.18. The average Bonchev–Trinajstić information content (AvgIpc) is 2.68. The molecule has 0 bridgehead atoms. The Bertz CT molecular complexity index is 410. The van der Waals surface area contributed by atoms with E-state index in [2.05, 4.69) is 10.3 Å². The lowest BCUT2D eigenvalue weighted by atomic mass is 10.3. The number of aliphatic hydroxyl groups is 1. The molecule has 6 nitrogen and oxygen atoms in total. The van der Waals surface area contributed by atoms with Crippen LogP contribution in [0.1, 0.15) is 9.67 Å². The average molecular weight is 266 g/mol. The number of aromatic nitrogens is 1. The third kappa shape index (κ3) is 3.49. The first-order valence-electron chi connectivity index (χ1n) is 4.60. The van der Waals surface area contributed by atoms with E-state index in [1.165, 1.54) is 0 Å². The number of amides is 1. The number of nitrogens with zero attached hydrogens (tertiary/aromatic N) is 1. The summed E-state index contributed by atoms with van der Waals surface area (Å²) in [6.45, 7) is -2.28. The number of carbonyl (C=O) groups excluding carboxylic acids is 1. The van der Waals surface area contributed by atoms with E-state index in [1.54, 1.807) is 7.05 Å². The molecule has 1 rings (SSSR count). The first-order chi connectivity index (χ1) is 7.89. The van der Waals surface area contributed by atoms with Gasteiger partial charge in [-0.25, -0.2) is 13.8 Å². The molecule has 1 aromatic heterocycles. The fourth-order valence-electron chi connectivity index (χ4n) is 0.947. The number of anilines is 2. The Morgan fingerprint density at radius 1 is 1.65 bits per heavy atom. The number of alkyl halides is 2. The van der Waals surface area contributed by atoms with Gasteiger partial charge in [0.2, 0.25) is 0 Å². The van der Waals surface area contributed by atoms with Crippen molar-refractivity contribution in [3.63, 3.8) is 0 Å². The number of nitrogen functional groups attached to an aromatic ring is 1. The monoisotopic (exact) mass is 266 g/mol. The molecule has 0 spiro atoms. The number of hydrogen-bond acceptors (Lipinski definition) is 6. The van der Waals surface area contributed by atoms with Gasteiger partial charge in [0, 0.05) is 7.05 Å². The van der Waals surface area contributed by atoms with Crippen LogP contribution in [-0.2, 0) is 0 Å². The molecule has 0 fully saturated rings. The Labute approximate surface area is 99.8 Å². The van der Waals surface area contributed by atoms with Crippen LogP contribution >= 0.6 is 11.3 Å².